The molecule has 3 nitrogen and oxygen atoms in total. The van der Waals surface area contributed by atoms with Crippen LogP contribution >= 0.6 is 0 Å². The molecule has 2 N–H and O–H groups in total. The van der Waals surface area contributed by atoms with Crippen molar-refractivity contribution >= 4 is 6.47 Å². The maximum Gasteiger partial charge on any atom is 0.293 e. The van der Waals surface area contributed by atoms with Gasteiger partial charge in [-0.25, -0.2) is 0 Å². The first-order chi connectivity index (χ1) is 6.85. The van der Waals surface area contributed by atoms with Gasteiger partial charge in [-0.05, 0) is 25.5 Å². The molecule has 0 bridgehead atoms. The van der Waals surface area contributed by atoms with E-state index in [1.165, 1.54) is 5.56 Å². The molecule has 0 radical (unpaired) electrons. The van der Waals surface area contributed by atoms with E-state index in [1.54, 1.807) is 6.92 Å². The third-order valence-electron chi connectivity index (χ3n) is 1.51. The monoisotopic (exact) mass is 195 g/mol. The lowest BCUT2D eigenvalue weighted by molar-refractivity contribution is -0.128. The summed E-state index contributed by atoms with van der Waals surface area (Å²) in [6, 6.07) is 10.3. The summed E-state index contributed by atoms with van der Waals surface area (Å²) in [5.41, 5.74) is 6.68. The molecule has 0 heterocycles. The SMILES string of the molecule is CCOC=O.NCCc1ccccc1. The van der Waals surface area contributed by atoms with Crippen LogP contribution < -0.4 is 5.73 Å². The molecule has 0 saturated carbocycles. The van der Waals surface area contributed by atoms with Gasteiger partial charge in [0.25, 0.3) is 6.47 Å². The number of nitrogens with two attached hydrogens (primary N) is 1. The van der Waals surface area contributed by atoms with Gasteiger partial charge in [0.15, 0.2) is 0 Å². The fraction of sp³-hybridized carbons (Fsp3) is 0.364. The van der Waals surface area contributed by atoms with Gasteiger partial charge in [-0.1, -0.05) is 30.3 Å². The Bertz CT molecular complexity index is 224. The fourth-order valence-electron chi connectivity index (χ4n) is 0.879. The van der Waals surface area contributed by atoms with Crippen LogP contribution in [0.2, 0.25) is 0 Å². The van der Waals surface area contributed by atoms with Crippen LogP contribution in [0.5, 0.6) is 0 Å². The Labute approximate surface area is 84.9 Å². The normalized spacial score (nSPS) is 8.43. The molecule has 14 heavy (non-hydrogen) atoms. The fourth-order valence-corrected chi connectivity index (χ4v) is 0.879. The van der Waals surface area contributed by atoms with Gasteiger partial charge < -0.3 is 10.5 Å². The summed E-state index contributed by atoms with van der Waals surface area (Å²) in [6.07, 6.45) is 0.987. The lowest BCUT2D eigenvalue weighted by Gasteiger charge is -1.93. The highest BCUT2D eigenvalue weighted by Crippen LogP contribution is 1.96. The predicted molar refractivity (Wildman–Crippen MR) is 56.9 cm³/mol. The maximum atomic E-state index is 9.18. The van der Waals surface area contributed by atoms with E-state index in [0.717, 1.165) is 13.0 Å². The summed E-state index contributed by atoms with van der Waals surface area (Å²) in [6.45, 7) is 3.40. The minimum Gasteiger partial charge on any atom is -0.468 e. The molecule has 0 aromatic heterocycles. The molecule has 0 aliphatic heterocycles. The van der Waals surface area contributed by atoms with E-state index in [1.807, 2.05) is 18.2 Å². The van der Waals surface area contributed by atoms with E-state index in [0.29, 0.717) is 13.1 Å². The molecule has 1 rings (SSSR count). The molecule has 0 aliphatic carbocycles. The lowest BCUT2D eigenvalue weighted by atomic mass is 10.2. The Morgan fingerprint density at radius 1 is 1.36 bits per heavy atom. The summed E-state index contributed by atoms with van der Waals surface area (Å²) in [5.74, 6) is 0. The highest BCUT2D eigenvalue weighted by Gasteiger charge is 1.84. The van der Waals surface area contributed by atoms with Crippen molar-refractivity contribution in [3.63, 3.8) is 0 Å². The molecule has 0 saturated heterocycles. The zero-order valence-electron chi connectivity index (χ0n) is 8.48. The number of ether oxygens (including phenoxy) is 1. The third kappa shape index (κ3) is 7.31. The molecule has 1 aromatic carbocycles. The second-order valence-corrected chi connectivity index (χ2v) is 2.58. The van der Waals surface area contributed by atoms with Crippen molar-refractivity contribution in [3.05, 3.63) is 35.9 Å². The number of carbonyl (C=O) groups is 1. The number of carbonyl (C=O) groups excluding carboxylic acids is 1. The van der Waals surface area contributed by atoms with E-state index < -0.39 is 0 Å². The minimum absolute atomic E-state index is 0.431. The highest BCUT2D eigenvalue weighted by atomic mass is 16.5. The average molecular weight is 195 g/mol. The lowest BCUT2D eigenvalue weighted by Crippen LogP contribution is -2.01. The van der Waals surface area contributed by atoms with Gasteiger partial charge in [0.05, 0.1) is 6.61 Å². The van der Waals surface area contributed by atoms with E-state index in [9.17, 15) is 4.79 Å². The van der Waals surface area contributed by atoms with E-state index in [2.05, 4.69) is 16.9 Å². The van der Waals surface area contributed by atoms with Gasteiger partial charge in [-0.2, -0.15) is 0 Å². The Morgan fingerprint density at radius 2 is 2.00 bits per heavy atom. The van der Waals surface area contributed by atoms with Gasteiger partial charge in [0, 0.05) is 0 Å². The maximum absolute atomic E-state index is 9.18. The topological polar surface area (TPSA) is 52.3 Å². The van der Waals surface area contributed by atoms with Gasteiger partial charge >= 0.3 is 0 Å². The van der Waals surface area contributed by atoms with Crippen LogP contribution in [0.4, 0.5) is 0 Å². The van der Waals surface area contributed by atoms with Crippen molar-refractivity contribution in [2.24, 2.45) is 5.73 Å². The molecule has 3 heteroatoms. The summed E-state index contributed by atoms with van der Waals surface area (Å²) in [7, 11) is 0. The molecular weight excluding hydrogens is 178 g/mol. The molecule has 0 fully saturated rings. The molecule has 0 spiro atoms. The Kier molecular flexibility index (Phi) is 8.80. The van der Waals surface area contributed by atoms with Crippen molar-refractivity contribution in [2.75, 3.05) is 13.2 Å². The molecule has 78 valence electrons. The Balaban J connectivity index is 0.000000292. The zero-order valence-corrected chi connectivity index (χ0v) is 8.48. The largest absolute Gasteiger partial charge is 0.468 e. The van der Waals surface area contributed by atoms with E-state index in [4.69, 9.17) is 5.73 Å². The summed E-state index contributed by atoms with van der Waals surface area (Å²) >= 11 is 0. The second-order valence-electron chi connectivity index (χ2n) is 2.58. The first kappa shape index (κ1) is 12.7. The quantitative estimate of drug-likeness (QED) is 0.738. The van der Waals surface area contributed by atoms with Gasteiger partial charge in [0.2, 0.25) is 0 Å². The highest BCUT2D eigenvalue weighted by molar-refractivity contribution is 5.36. The standard InChI is InChI=1S/C8H11N.C3H6O2/c9-7-6-8-4-2-1-3-5-8;1-2-5-3-4/h1-5H,6-7,9H2;3H,2H2,1H3. The van der Waals surface area contributed by atoms with Crippen LogP contribution in [-0.2, 0) is 16.0 Å². The Hall–Kier alpha value is -1.35. The van der Waals surface area contributed by atoms with Crippen LogP contribution in [0.25, 0.3) is 0 Å². The van der Waals surface area contributed by atoms with E-state index in [-0.39, 0.29) is 0 Å². The Morgan fingerprint density at radius 3 is 2.36 bits per heavy atom. The van der Waals surface area contributed by atoms with Crippen molar-refractivity contribution in [3.8, 4) is 0 Å². The first-order valence-corrected chi connectivity index (χ1v) is 4.64. The van der Waals surface area contributed by atoms with Crippen molar-refractivity contribution < 1.29 is 9.53 Å². The number of hydrogen-bond donors (Lipinski definition) is 1. The first-order valence-electron chi connectivity index (χ1n) is 4.64. The van der Waals surface area contributed by atoms with Crippen molar-refractivity contribution in [1.29, 1.82) is 0 Å². The molecule has 0 unspecified atom stereocenters. The smallest absolute Gasteiger partial charge is 0.293 e. The van der Waals surface area contributed by atoms with E-state index >= 15 is 0 Å². The van der Waals surface area contributed by atoms with Gasteiger partial charge in [0.1, 0.15) is 0 Å². The summed E-state index contributed by atoms with van der Waals surface area (Å²) < 4.78 is 4.15. The van der Waals surface area contributed by atoms with Crippen LogP contribution in [0.1, 0.15) is 12.5 Å². The molecule has 0 aliphatic rings. The van der Waals surface area contributed by atoms with Crippen LogP contribution in [-0.4, -0.2) is 19.6 Å². The minimum atomic E-state index is 0.431. The average Bonchev–Trinajstić information content (AvgIpc) is 2.22. The summed E-state index contributed by atoms with van der Waals surface area (Å²) in [4.78, 5) is 9.18. The van der Waals surface area contributed by atoms with Crippen LogP contribution in [0.3, 0.4) is 0 Å². The van der Waals surface area contributed by atoms with Crippen molar-refractivity contribution in [2.45, 2.75) is 13.3 Å². The number of rotatable bonds is 4. The van der Waals surface area contributed by atoms with Crippen LogP contribution in [0, 0.1) is 0 Å². The molecule has 1 aromatic rings. The van der Waals surface area contributed by atoms with Gasteiger partial charge in [-0.3, -0.25) is 4.79 Å². The number of hydrogen-bond acceptors (Lipinski definition) is 3. The van der Waals surface area contributed by atoms with Crippen LogP contribution in [0.15, 0.2) is 30.3 Å². The van der Waals surface area contributed by atoms with Crippen molar-refractivity contribution in [1.82, 2.24) is 0 Å². The zero-order chi connectivity index (χ0) is 10.6. The third-order valence-corrected chi connectivity index (χ3v) is 1.51. The molecule has 0 atom stereocenters. The van der Waals surface area contributed by atoms with Gasteiger partial charge in [-0.15, -0.1) is 0 Å². The predicted octanol–water partition coefficient (Wildman–Crippen LogP) is 1.37. The second kappa shape index (κ2) is 9.74. The molecule has 0 amide bonds. The molecular formula is C11H17NO2. The summed E-state index contributed by atoms with van der Waals surface area (Å²) in [5, 5.41) is 0. The number of benzene rings is 1.